The van der Waals surface area contributed by atoms with Crippen LogP contribution in [0.2, 0.25) is 0 Å². The van der Waals surface area contributed by atoms with Crippen molar-refractivity contribution >= 4 is 11.3 Å². The summed E-state index contributed by atoms with van der Waals surface area (Å²) < 4.78 is 0. The topological polar surface area (TPSA) is 30.0 Å². The summed E-state index contributed by atoms with van der Waals surface area (Å²) in [5.74, 6) is 0. The molecule has 148 valence electrons. The molecule has 2 heterocycles. The summed E-state index contributed by atoms with van der Waals surface area (Å²) in [6.07, 6.45) is 0. The number of aryl methyl sites for hydroxylation is 1. The van der Waals surface area contributed by atoms with Gasteiger partial charge in [-0.3, -0.25) is 9.80 Å². The van der Waals surface area contributed by atoms with Gasteiger partial charge in [-0.05, 0) is 49.0 Å². The zero-order valence-electron chi connectivity index (χ0n) is 16.9. The molecular weight excluding hydrogens is 354 g/mol. The van der Waals surface area contributed by atoms with E-state index in [4.69, 9.17) is 0 Å². The highest BCUT2D eigenvalue weighted by Gasteiger charge is 2.17. The van der Waals surface area contributed by atoms with Crippen molar-refractivity contribution < 1.29 is 5.11 Å². The van der Waals surface area contributed by atoms with E-state index in [1.165, 1.54) is 27.1 Å². The summed E-state index contributed by atoms with van der Waals surface area (Å²) >= 11 is 1.79. The van der Waals surface area contributed by atoms with E-state index in [1.54, 1.807) is 11.3 Å². The molecule has 0 amide bonds. The minimum absolute atomic E-state index is 0.199. The third-order valence-corrected chi connectivity index (χ3v) is 6.39. The summed E-state index contributed by atoms with van der Waals surface area (Å²) in [7, 11) is 2.21. The average Bonchev–Trinajstić information content (AvgIpc) is 3.14. The number of rotatable bonds is 8. The van der Waals surface area contributed by atoms with Crippen LogP contribution in [0.15, 0.2) is 29.6 Å². The van der Waals surface area contributed by atoms with Crippen LogP contribution in [0, 0.1) is 13.8 Å². The van der Waals surface area contributed by atoms with Crippen LogP contribution in [-0.2, 0) is 19.6 Å². The molecule has 27 heavy (non-hydrogen) atoms. The van der Waals surface area contributed by atoms with E-state index in [2.05, 4.69) is 65.2 Å². The van der Waals surface area contributed by atoms with E-state index in [1.807, 2.05) is 0 Å². The number of thiophene rings is 1. The Balaban J connectivity index is 1.73. The van der Waals surface area contributed by atoms with Crippen LogP contribution in [0.1, 0.15) is 27.1 Å². The monoisotopic (exact) mass is 387 g/mol. The molecule has 1 saturated heterocycles. The van der Waals surface area contributed by atoms with Crippen molar-refractivity contribution in [2.75, 3.05) is 46.4 Å². The fraction of sp³-hybridized carbons (Fsp3) is 0.545. The Kier molecular flexibility index (Phi) is 7.44. The predicted molar refractivity (Wildman–Crippen MR) is 114 cm³/mol. The van der Waals surface area contributed by atoms with Crippen LogP contribution < -0.4 is 0 Å². The number of hydrogen-bond donors (Lipinski definition) is 1. The van der Waals surface area contributed by atoms with Gasteiger partial charge in [0, 0.05) is 57.2 Å². The fourth-order valence-corrected chi connectivity index (χ4v) is 4.55. The number of likely N-dealkylation sites (N-methyl/N-ethyl adjacent to an activating group) is 1. The number of benzene rings is 1. The molecule has 0 bridgehead atoms. The molecule has 1 aliphatic rings. The lowest BCUT2D eigenvalue weighted by Crippen LogP contribution is -2.44. The molecule has 1 aromatic heterocycles. The largest absolute Gasteiger partial charge is 0.395 e. The highest BCUT2D eigenvalue weighted by Crippen LogP contribution is 2.22. The Labute approximate surface area is 168 Å². The van der Waals surface area contributed by atoms with Crippen molar-refractivity contribution in [2.24, 2.45) is 0 Å². The van der Waals surface area contributed by atoms with Crippen LogP contribution >= 0.6 is 11.3 Å². The van der Waals surface area contributed by atoms with Gasteiger partial charge in [0.15, 0.2) is 0 Å². The molecule has 1 aromatic carbocycles. The normalized spacial score (nSPS) is 16.3. The van der Waals surface area contributed by atoms with Crippen LogP contribution in [0.25, 0.3) is 0 Å². The summed E-state index contributed by atoms with van der Waals surface area (Å²) in [4.78, 5) is 8.68. The van der Waals surface area contributed by atoms with Crippen molar-refractivity contribution in [2.45, 2.75) is 33.5 Å². The molecule has 0 saturated carbocycles. The second kappa shape index (κ2) is 9.80. The number of hydrogen-bond acceptors (Lipinski definition) is 5. The molecule has 0 spiro atoms. The second-order valence-electron chi connectivity index (χ2n) is 7.80. The van der Waals surface area contributed by atoms with E-state index in [-0.39, 0.29) is 6.61 Å². The van der Waals surface area contributed by atoms with Crippen molar-refractivity contribution in [3.05, 3.63) is 56.8 Å². The lowest BCUT2D eigenvalue weighted by atomic mass is 9.98. The first-order chi connectivity index (χ1) is 13.0. The number of piperazine rings is 1. The Bertz CT molecular complexity index is 709. The van der Waals surface area contributed by atoms with Gasteiger partial charge in [-0.2, -0.15) is 0 Å². The quantitative estimate of drug-likeness (QED) is 0.754. The van der Waals surface area contributed by atoms with Gasteiger partial charge in [0.05, 0.1) is 6.61 Å². The van der Waals surface area contributed by atoms with Gasteiger partial charge in [0.25, 0.3) is 0 Å². The van der Waals surface area contributed by atoms with Crippen LogP contribution in [0.4, 0.5) is 0 Å². The number of aliphatic hydroxyl groups excluding tert-OH is 1. The molecule has 2 aromatic rings. The van der Waals surface area contributed by atoms with Crippen LogP contribution in [0.3, 0.4) is 0 Å². The first-order valence-corrected chi connectivity index (χ1v) is 10.8. The van der Waals surface area contributed by atoms with Crippen molar-refractivity contribution in [3.63, 3.8) is 0 Å². The predicted octanol–water partition coefficient (Wildman–Crippen LogP) is 3.11. The Morgan fingerprint density at radius 2 is 1.81 bits per heavy atom. The first kappa shape index (κ1) is 20.5. The van der Waals surface area contributed by atoms with Gasteiger partial charge in [-0.1, -0.05) is 23.8 Å². The van der Waals surface area contributed by atoms with E-state index in [0.717, 1.165) is 45.8 Å². The maximum Gasteiger partial charge on any atom is 0.0558 e. The summed E-state index contributed by atoms with van der Waals surface area (Å²) in [6.45, 7) is 12.8. The maximum absolute atomic E-state index is 9.51. The van der Waals surface area contributed by atoms with Gasteiger partial charge in [-0.15, -0.1) is 11.3 Å². The fourth-order valence-electron chi connectivity index (χ4n) is 3.81. The van der Waals surface area contributed by atoms with Gasteiger partial charge in [0.2, 0.25) is 0 Å². The summed E-state index contributed by atoms with van der Waals surface area (Å²) in [6, 6.07) is 8.95. The maximum atomic E-state index is 9.51. The van der Waals surface area contributed by atoms with Crippen molar-refractivity contribution in [1.82, 2.24) is 14.7 Å². The Morgan fingerprint density at radius 3 is 2.48 bits per heavy atom. The van der Waals surface area contributed by atoms with Gasteiger partial charge in [-0.25, -0.2) is 0 Å². The minimum atomic E-state index is 0.199. The molecule has 4 nitrogen and oxygen atoms in total. The van der Waals surface area contributed by atoms with E-state index < -0.39 is 0 Å². The Morgan fingerprint density at radius 1 is 1.07 bits per heavy atom. The molecule has 0 aliphatic carbocycles. The van der Waals surface area contributed by atoms with E-state index in [9.17, 15) is 5.11 Å². The average molecular weight is 388 g/mol. The van der Waals surface area contributed by atoms with Crippen LogP contribution in [0.5, 0.6) is 0 Å². The van der Waals surface area contributed by atoms with Crippen molar-refractivity contribution in [1.29, 1.82) is 0 Å². The van der Waals surface area contributed by atoms with Gasteiger partial charge >= 0.3 is 0 Å². The molecule has 0 unspecified atom stereocenters. The van der Waals surface area contributed by atoms with Crippen LogP contribution in [-0.4, -0.2) is 66.2 Å². The Hall–Kier alpha value is -1.24. The smallest absolute Gasteiger partial charge is 0.0558 e. The highest BCUT2D eigenvalue weighted by atomic mass is 32.1. The molecule has 1 N–H and O–H groups in total. The molecule has 0 radical (unpaired) electrons. The third kappa shape index (κ3) is 5.87. The highest BCUT2D eigenvalue weighted by molar-refractivity contribution is 7.09. The molecular formula is C22H33N3OS. The molecule has 1 aliphatic heterocycles. The zero-order valence-corrected chi connectivity index (χ0v) is 17.8. The van der Waals surface area contributed by atoms with E-state index in [0.29, 0.717) is 6.54 Å². The zero-order chi connectivity index (χ0) is 19.2. The third-order valence-electron chi connectivity index (χ3n) is 5.53. The molecule has 0 atom stereocenters. The standard InChI is InChI=1S/C22H33N3OS/c1-18-13-20(15-24-8-6-23(3)7-9-24)19(2)21(14-18)16-25(10-11-26)17-22-5-4-12-27-22/h4-5,12-14,26H,6-11,15-17H2,1-3H3. The summed E-state index contributed by atoms with van der Waals surface area (Å²) in [5.41, 5.74) is 5.59. The van der Waals surface area contributed by atoms with Gasteiger partial charge in [0.1, 0.15) is 0 Å². The first-order valence-electron chi connectivity index (χ1n) is 9.90. The molecule has 3 rings (SSSR count). The molecule has 1 fully saturated rings. The number of aliphatic hydroxyl groups is 1. The van der Waals surface area contributed by atoms with Gasteiger partial charge < -0.3 is 10.0 Å². The van der Waals surface area contributed by atoms with Crippen molar-refractivity contribution in [3.8, 4) is 0 Å². The number of nitrogens with zero attached hydrogens (tertiary/aromatic N) is 3. The summed E-state index contributed by atoms with van der Waals surface area (Å²) in [5, 5.41) is 11.6. The molecule has 5 heteroatoms. The second-order valence-corrected chi connectivity index (χ2v) is 8.83. The minimum Gasteiger partial charge on any atom is -0.395 e. The lowest BCUT2D eigenvalue weighted by molar-refractivity contribution is 0.148. The lowest BCUT2D eigenvalue weighted by Gasteiger charge is -2.33. The van der Waals surface area contributed by atoms with E-state index >= 15 is 0 Å². The SMILES string of the molecule is Cc1cc(CN2CCN(C)CC2)c(C)c(CN(CCO)Cc2cccs2)c1.